The first kappa shape index (κ1) is 19.6. The number of nitrogens with one attached hydrogen (secondary N) is 1. The van der Waals surface area contributed by atoms with Crippen LogP contribution in [0, 0.1) is 17.8 Å². The van der Waals surface area contributed by atoms with E-state index in [0.29, 0.717) is 25.7 Å². The van der Waals surface area contributed by atoms with E-state index >= 15 is 0 Å². The predicted molar refractivity (Wildman–Crippen MR) is 109 cm³/mol. The number of aromatic nitrogens is 1. The van der Waals surface area contributed by atoms with E-state index in [-0.39, 0.29) is 17.8 Å². The van der Waals surface area contributed by atoms with Gasteiger partial charge in [-0.3, -0.25) is 0 Å². The second kappa shape index (κ2) is 6.99. The van der Waals surface area contributed by atoms with Crippen molar-refractivity contribution in [2.75, 3.05) is 6.61 Å². The number of aromatic amines is 1. The van der Waals surface area contributed by atoms with Crippen LogP contribution in [0.15, 0.2) is 42.5 Å². The minimum absolute atomic E-state index is 0.122. The Labute approximate surface area is 165 Å². The van der Waals surface area contributed by atoms with Gasteiger partial charge in [0.25, 0.3) is 0 Å². The van der Waals surface area contributed by atoms with Crippen molar-refractivity contribution in [3.05, 3.63) is 48.2 Å². The van der Waals surface area contributed by atoms with Crippen LogP contribution in [-0.4, -0.2) is 49.3 Å². The zero-order valence-electron chi connectivity index (χ0n) is 16.4. The largest absolute Gasteiger partial charge is 0.393 e. The van der Waals surface area contributed by atoms with Crippen LogP contribution in [0.4, 0.5) is 0 Å². The van der Waals surface area contributed by atoms with Gasteiger partial charge < -0.3 is 25.4 Å². The van der Waals surface area contributed by atoms with Gasteiger partial charge in [-0.1, -0.05) is 30.4 Å². The quantitative estimate of drug-likeness (QED) is 0.523. The molecule has 152 valence electrons. The summed E-state index contributed by atoms with van der Waals surface area (Å²) in [6, 6.07) is 10.3. The summed E-state index contributed by atoms with van der Waals surface area (Å²) < 4.78 is 0. The van der Waals surface area contributed by atoms with Crippen LogP contribution in [-0.2, 0) is 6.42 Å². The molecule has 1 aromatic carbocycles. The fourth-order valence-corrected chi connectivity index (χ4v) is 5.55. The molecule has 0 spiro atoms. The van der Waals surface area contributed by atoms with E-state index in [1.165, 1.54) is 5.39 Å². The molecule has 0 bridgehead atoms. The normalized spacial score (nSPS) is 38.3. The summed E-state index contributed by atoms with van der Waals surface area (Å²) in [5.41, 5.74) is 0.732. The van der Waals surface area contributed by atoms with Crippen LogP contribution in [0.5, 0.6) is 0 Å². The van der Waals surface area contributed by atoms with Gasteiger partial charge in [0, 0.05) is 17.6 Å². The Balaban J connectivity index is 1.56. The lowest BCUT2D eigenvalue weighted by atomic mass is 9.75. The highest BCUT2D eigenvalue weighted by atomic mass is 16.4. The van der Waals surface area contributed by atoms with Crippen molar-refractivity contribution in [3.8, 4) is 0 Å². The molecule has 5 N–H and O–H groups in total. The third-order valence-corrected chi connectivity index (χ3v) is 7.35. The third kappa shape index (κ3) is 3.20. The number of allylic oxidation sites excluding steroid dienone is 1. The molecule has 0 aliphatic heterocycles. The summed E-state index contributed by atoms with van der Waals surface area (Å²) in [4.78, 5) is 3.44. The molecule has 2 aliphatic rings. The first-order valence-corrected chi connectivity index (χ1v) is 10.2. The van der Waals surface area contributed by atoms with Gasteiger partial charge in [0.05, 0.1) is 18.3 Å². The third-order valence-electron chi connectivity index (χ3n) is 7.35. The molecule has 5 heteroatoms. The van der Waals surface area contributed by atoms with Crippen molar-refractivity contribution in [1.29, 1.82) is 0 Å². The number of aliphatic hydroxyl groups is 4. The maximum atomic E-state index is 11.0. The summed E-state index contributed by atoms with van der Waals surface area (Å²) in [7, 11) is 0. The fraction of sp³-hybridized carbons (Fsp3) is 0.565. The maximum absolute atomic E-state index is 11.0. The minimum Gasteiger partial charge on any atom is -0.393 e. The van der Waals surface area contributed by atoms with Crippen LogP contribution >= 0.6 is 0 Å². The van der Waals surface area contributed by atoms with E-state index in [1.54, 1.807) is 6.92 Å². The predicted octanol–water partition coefficient (Wildman–Crippen LogP) is 2.54. The molecule has 28 heavy (non-hydrogen) atoms. The van der Waals surface area contributed by atoms with Crippen molar-refractivity contribution < 1.29 is 20.4 Å². The molecular weight excluding hydrogens is 354 g/mol. The topological polar surface area (TPSA) is 96.7 Å². The lowest BCUT2D eigenvalue weighted by Crippen LogP contribution is -2.49. The van der Waals surface area contributed by atoms with Crippen molar-refractivity contribution in [2.45, 2.75) is 56.3 Å². The van der Waals surface area contributed by atoms with Crippen molar-refractivity contribution in [3.63, 3.8) is 0 Å². The molecule has 2 fully saturated rings. The molecule has 4 rings (SSSR count). The van der Waals surface area contributed by atoms with E-state index in [1.807, 2.05) is 12.1 Å². The van der Waals surface area contributed by atoms with Gasteiger partial charge in [0.15, 0.2) is 0 Å². The van der Waals surface area contributed by atoms with E-state index < -0.39 is 23.9 Å². The number of H-pyrrole nitrogens is 1. The van der Waals surface area contributed by atoms with E-state index in [0.717, 1.165) is 23.2 Å². The fourth-order valence-electron chi connectivity index (χ4n) is 5.55. The summed E-state index contributed by atoms with van der Waals surface area (Å²) in [6.45, 7) is 5.63. The molecule has 0 amide bonds. The second-order valence-electron chi connectivity index (χ2n) is 9.16. The maximum Gasteiger partial charge on any atom is 0.117 e. The SMILES string of the molecule is C=C(Cc1cc2ccccc2[nH]1)C1CCC(C)(O)C2CC(O)C(O)(CO)C2C1. The number of para-hydroxylation sites is 1. The molecule has 2 aliphatic carbocycles. The Hall–Kier alpha value is -1.66. The van der Waals surface area contributed by atoms with Gasteiger partial charge in [-0.25, -0.2) is 0 Å². The Morgan fingerprint density at radius 1 is 1.21 bits per heavy atom. The highest BCUT2D eigenvalue weighted by molar-refractivity contribution is 5.80. The number of aliphatic hydroxyl groups excluding tert-OH is 2. The van der Waals surface area contributed by atoms with Crippen LogP contribution in [0.1, 0.15) is 38.3 Å². The van der Waals surface area contributed by atoms with E-state index in [9.17, 15) is 20.4 Å². The van der Waals surface area contributed by atoms with Gasteiger partial charge in [0.2, 0.25) is 0 Å². The summed E-state index contributed by atoms with van der Waals surface area (Å²) in [5, 5.41) is 43.4. The zero-order valence-corrected chi connectivity index (χ0v) is 16.4. The molecule has 5 nitrogen and oxygen atoms in total. The number of benzene rings is 1. The molecule has 0 saturated heterocycles. The summed E-state index contributed by atoms with van der Waals surface area (Å²) >= 11 is 0. The van der Waals surface area contributed by atoms with Crippen molar-refractivity contribution >= 4 is 10.9 Å². The zero-order chi connectivity index (χ0) is 20.1. The molecule has 1 aromatic heterocycles. The van der Waals surface area contributed by atoms with Crippen LogP contribution in [0.3, 0.4) is 0 Å². The van der Waals surface area contributed by atoms with E-state index in [4.69, 9.17) is 0 Å². The Morgan fingerprint density at radius 3 is 2.68 bits per heavy atom. The second-order valence-corrected chi connectivity index (χ2v) is 9.16. The molecule has 1 heterocycles. The Morgan fingerprint density at radius 2 is 1.96 bits per heavy atom. The molecular formula is C23H31NO4. The number of hydrogen-bond donors (Lipinski definition) is 5. The minimum atomic E-state index is -1.56. The van der Waals surface area contributed by atoms with Gasteiger partial charge in [-0.2, -0.15) is 0 Å². The highest BCUT2D eigenvalue weighted by Crippen LogP contribution is 2.53. The molecule has 6 atom stereocenters. The first-order chi connectivity index (χ1) is 13.2. The number of hydrogen-bond acceptors (Lipinski definition) is 4. The number of fused-ring (bicyclic) bond motifs is 2. The van der Waals surface area contributed by atoms with Crippen molar-refractivity contribution in [1.82, 2.24) is 4.98 Å². The summed E-state index contributed by atoms with van der Waals surface area (Å²) in [5.74, 6) is -0.462. The lowest BCUT2D eigenvalue weighted by Gasteiger charge is -2.36. The van der Waals surface area contributed by atoms with Gasteiger partial charge in [0.1, 0.15) is 5.60 Å². The highest BCUT2D eigenvalue weighted by Gasteiger charge is 2.59. The average molecular weight is 386 g/mol. The molecule has 6 unspecified atom stereocenters. The monoisotopic (exact) mass is 385 g/mol. The van der Waals surface area contributed by atoms with Crippen molar-refractivity contribution in [2.24, 2.45) is 17.8 Å². The van der Waals surface area contributed by atoms with Gasteiger partial charge >= 0.3 is 0 Å². The van der Waals surface area contributed by atoms with Gasteiger partial charge in [-0.15, -0.1) is 0 Å². The first-order valence-electron chi connectivity index (χ1n) is 10.2. The van der Waals surface area contributed by atoms with Crippen LogP contribution in [0.25, 0.3) is 10.9 Å². The van der Waals surface area contributed by atoms with Gasteiger partial charge in [-0.05, 0) is 67.9 Å². The molecule has 0 radical (unpaired) electrons. The lowest BCUT2D eigenvalue weighted by molar-refractivity contribution is -0.123. The smallest absolute Gasteiger partial charge is 0.117 e. The Bertz CT molecular complexity index is 839. The summed E-state index contributed by atoms with van der Waals surface area (Å²) in [6.07, 6.45) is 2.01. The number of rotatable bonds is 4. The molecule has 2 saturated carbocycles. The molecule has 2 aromatic rings. The van der Waals surface area contributed by atoms with E-state index in [2.05, 4.69) is 29.8 Å². The Kier molecular flexibility index (Phi) is 4.91. The standard InChI is InChI=1S/C23H31NO4/c1-14(9-17-10-16-5-3-4-6-20(16)24-17)15-7-8-22(2,27)18-12-21(26)23(28,13-25)19(18)11-15/h3-6,10,15,18-19,21,24-28H,1,7-9,11-13H2,2H3. The average Bonchev–Trinajstić information content (AvgIpc) is 3.13. The van der Waals surface area contributed by atoms with Crippen LogP contribution in [0.2, 0.25) is 0 Å². The van der Waals surface area contributed by atoms with Crippen LogP contribution < -0.4 is 0 Å².